The summed E-state index contributed by atoms with van der Waals surface area (Å²) in [5.74, 6) is 0.216. The molecule has 0 unspecified atom stereocenters. The van der Waals surface area contributed by atoms with Gasteiger partial charge in [-0.3, -0.25) is 0 Å². The zero-order valence-corrected chi connectivity index (χ0v) is 10.4. The van der Waals surface area contributed by atoms with Gasteiger partial charge in [0.15, 0.2) is 0 Å². The van der Waals surface area contributed by atoms with Crippen LogP contribution in [-0.4, -0.2) is 43.6 Å². The predicted octanol–water partition coefficient (Wildman–Crippen LogP) is 0.719. The van der Waals surface area contributed by atoms with Crippen molar-refractivity contribution in [1.82, 2.24) is 9.62 Å². The Labute approximate surface area is 97.8 Å². The van der Waals surface area contributed by atoms with Gasteiger partial charge < -0.3 is 5.32 Å². The van der Waals surface area contributed by atoms with Gasteiger partial charge in [0.25, 0.3) is 0 Å². The fraction of sp³-hybridized carbons (Fsp3) is 0.818. The summed E-state index contributed by atoms with van der Waals surface area (Å²) in [6.45, 7) is 4.65. The van der Waals surface area contributed by atoms with Crippen LogP contribution in [0.3, 0.4) is 0 Å². The standard InChI is InChI=1S/C11H20N2O2S/c1-2-8-13(11-5-6-11)16(14,15)9-7-12-10-3-4-10/h2,10-12H,1,3-9H2. The first-order valence-corrected chi connectivity index (χ1v) is 7.58. The van der Waals surface area contributed by atoms with Crippen LogP contribution in [0.1, 0.15) is 25.7 Å². The highest BCUT2D eigenvalue weighted by Crippen LogP contribution is 2.29. The van der Waals surface area contributed by atoms with Crippen molar-refractivity contribution in [3.8, 4) is 0 Å². The molecule has 0 amide bonds. The van der Waals surface area contributed by atoms with Crippen LogP contribution >= 0.6 is 0 Å². The Morgan fingerprint density at radius 2 is 2.00 bits per heavy atom. The second-order valence-electron chi connectivity index (χ2n) is 4.63. The molecule has 0 saturated heterocycles. The normalized spacial score (nSPS) is 21.3. The summed E-state index contributed by atoms with van der Waals surface area (Å²) < 4.78 is 25.7. The molecule has 0 aromatic rings. The van der Waals surface area contributed by atoms with Gasteiger partial charge in [-0.25, -0.2) is 8.42 Å². The SMILES string of the molecule is C=CCN(C1CC1)S(=O)(=O)CCNC1CC1. The molecule has 0 aliphatic heterocycles. The van der Waals surface area contributed by atoms with E-state index in [2.05, 4.69) is 11.9 Å². The monoisotopic (exact) mass is 244 g/mol. The number of rotatable bonds is 8. The van der Waals surface area contributed by atoms with E-state index in [-0.39, 0.29) is 11.8 Å². The minimum atomic E-state index is -3.09. The Bertz CT molecular complexity index is 345. The second kappa shape index (κ2) is 4.85. The molecule has 0 aromatic heterocycles. The molecular weight excluding hydrogens is 224 g/mol. The van der Waals surface area contributed by atoms with E-state index in [9.17, 15) is 8.42 Å². The van der Waals surface area contributed by atoms with Crippen molar-refractivity contribution in [2.45, 2.75) is 37.8 Å². The summed E-state index contributed by atoms with van der Waals surface area (Å²) in [7, 11) is -3.09. The highest BCUT2D eigenvalue weighted by atomic mass is 32.2. The molecule has 0 spiro atoms. The largest absolute Gasteiger partial charge is 0.313 e. The first-order valence-electron chi connectivity index (χ1n) is 5.97. The third-order valence-corrected chi connectivity index (χ3v) is 4.87. The van der Waals surface area contributed by atoms with Crippen LogP contribution in [0.15, 0.2) is 12.7 Å². The van der Waals surface area contributed by atoms with E-state index in [1.165, 1.54) is 12.8 Å². The Morgan fingerprint density at radius 1 is 1.31 bits per heavy atom. The number of sulfonamides is 1. The first-order chi connectivity index (χ1) is 7.63. The van der Waals surface area contributed by atoms with Crippen LogP contribution in [0.2, 0.25) is 0 Å². The summed E-state index contributed by atoms with van der Waals surface area (Å²) >= 11 is 0. The summed E-state index contributed by atoms with van der Waals surface area (Å²) in [5.41, 5.74) is 0. The molecule has 0 radical (unpaired) electrons. The van der Waals surface area contributed by atoms with Crippen molar-refractivity contribution in [2.24, 2.45) is 0 Å². The molecule has 0 heterocycles. The van der Waals surface area contributed by atoms with Crippen LogP contribution in [0, 0.1) is 0 Å². The minimum Gasteiger partial charge on any atom is -0.313 e. The molecule has 2 fully saturated rings. The Hall–Kier alpha value is -0.390. The fourth-order valence-corrected chi connectivity index (χ4v) is 3.38. The number of hydrogen-bond donors (Lipinski definition) is 1. The molecule has 16 heavy (non-hydrogen) atoms. The topological polar surface area (TPSA) is 49.4 Å². The Kier molecular flexibility index (Phi) is 3.66. The van der Waals surface area contributed by atoms with Crippen molar-refractivity contribution in [2.75, 3.05) is 18.8 Å². The van der Waals surface area contributed by atoms with E-state index in [1.807, 2.05) is 0 Å². The van der Waals surface area contributed by atoms with Crippen LogP contribution in [0.25, 0.3) is 0 Å². The van der Waals surface area contributed by atoms with Gasteiger partial charge in [-0.2, -0.15) is 4.31 Å². The summed E-state index contributed by atoms with van der Waals surface area (Å²) in [4.78, 5) is 0. The highest BCUT2D eigenvalue weighted by molar-refractivity contribution is 7.89. The van der Waals surface area contributed by atoms with Gasteiger partial charge in [-0.15, -0.1) is 6.58 Å². The smallest absolute Gasteiger partial charge is 0.215 e. The predicted molar refractivity (Wildman–Crippen MR) is 64.7 cm³/mol. The number of nitrogens with zero attached hydrogens (tertiary/aromatic N) is 1. The van der Waals surface area contributed by atoms with Gasteiger partial charge >= 0.3 is 0 Å². The number of hydrogen-bond acceptors (Lipinski definition) is 3. The van der Waals surface area contributed by atoms with Crippen molar-refractivity contribution >= 4 is 10.0 Å². The van der Waals surface area contributed by atoms with Gasteiger partial charge in [0.1, 0.15) is 0 Å². The third-order valence-electron chi connectivity index (χ3n) is 2.99. The fourth-order valence-electron chi connectivity index (χ4n) is 1.78. The van der Waals surface area contributed by atoms with E-state index in [4.69, 9.17) is 0 Å². The van der Waals surface area contributed by atoms with Gasteiger partial charge in [-0.05, 0) is 25.7 Å². The average Bonchev–Trinajstić information content (AvgIpc) is 3.06. The molecule has 2 aliphatic carbocycles. The van der Waals surface area contributed by atoms with E-state index >= 15 is 0 Å². The van der Waals surface area contributed by atoms with Crippen LogP contribution in [0.4, 0.5) is 0 Å². The zero-order valence-electron chi connectivity index (χ0n) is 9.56. The quantitative estimate of drug-likeness (QED) is 0.640. The lowest BCUT2D eigenvalue weighted by Crippen LogP contribution is -2.38. The van der Waals surface area contributed by atoms with E-state index in [0.29, 0.717) is 19.1 Å². The molecule has 0 aromatic carbocycles. The minimum absolute atomic E-state index is 0.216. The Balaban J connectivity index is 1.83. The highest BCUT2D eigenvalue weighted by Gasteiger charge is 2.36. The van der Waals surface area contributed by atoms with Gasteiger partial charge in [0.2, 0.25) is 10.0 Å². The maximum Gasteiger partial charge on any atom is 0.215 e. The maximum absolute atomic E-state index is 12.0. The van der Waals surface area contributed by atoms with Crippen molar-refractivity contribution in [3.05, 3.63) is 12.7 Å². The zero-order chi connectivity index (χ0) is 11.6. The van der Waals surface area contributed by atoms with Gasteiger partial charge in [0, 0.05) is 25.2 Å². The lowest BCUT2D eigenvalue weighted by atomic mass is 10.6. The van der Waals surface area contributed by atoms with E-state index in [1.54, 1.807) is 10.4 Å². The molecular formula is C11H20N2O2S. The molecule has 2 saturated carbocycles. The second-order valence-corrected chi connectivity index (χ2v) is 6.68. The molecule has 0 atom stereocenters. The lowest BCUT2D eigenvalue weighted by Gasteiger charge is -2.20. The molecule has 2 aliphatic rings. The molecule has 92 valence electrons. The molecule has 4 nitrogen and oxygen atoms in total. The van der Waals surface area contributed by atoms with Gasteiger partial charge in [0.05, 0.1) is 5.75 Å². The lowest BCUT2D eigenvalue weighted by molar-refractivity contribution is 0.434. The third kappa shape index (κ3) is 3.30. The average molecular weight is 244 g/mol. The molecule has 1 N–H and O–H groups in total. The molecule has 0 bridgehead atoms. The van der Waals surface area contributed by atoms with Crippen LogP contribution in [0.5, 0.6) is 0 Å². The summed E-state index contributed by atoms with van der Waals surface area (Å²) in [6.07, 6.45) is 6.06. The van der Waals surface area contributed by atoms with E-state index in [0.717, 1.165) is 12.8 Å². The first kappa shape index (κ1) is 12.1. The van der Waals surface area contributed by atoms with E-state index < -0.39 is 10.0 Å². The summed E-state index contributed by atoms with van der Waals surface area (Å²) in [5, 5.41) is 3.24. The van der Waals surface area contributed by atoms with Gasteiger partial charge in [-0.1, -0.05) is 6.08 Å². The van der Waals surface area contributed by atoms with Crippen molar-refractivity contribution < 1.29 is 8.42 Å². The maximum atomic E-state index is 12.0. The van der Waals surface area contributed by atoms with Crippen molar-refractivity contribution in [1.29, 1.82) is 0 Å². The molecule has 5 heteroatoms. The summed E-state index contributed by atoms with van der Waals surface area (Å²) in [6, 6.07) is 0.813. The van der Waals surface area contributed by atoms with Crippen LogP contribution in [-0.2, 0) is 10.0 Å². The molecule has 2 rings (SSSR count). The van der Waals surface area contributed by atoms with Crippen molar-refractivity contribution in [3.63, 3.8) is 0 Å². The number of nitrogens with one attached hydrogen (secondary N) is 1. The van der Waals surface area contributed by atoms with Crippen LogP contribution < -0.4 is 5.32 Å². The Morgan fingerprint density at radius 3 is 2.50 bits per heavy atom.